The van der Waals surface area contributed by atoms with Crippen molar-refractivity contribution < 1.29 is 4.39 Å². The lowest BCUT2D eigenvalue weighted by Gasteiger charge is -2.20. The van der Waals surface area contributed by atoms with E-state index in [2.05, 4.69) is 10.3 Å². The van der Waals surface area contributed by atoms with Gasteiger partial charge in [-0.05, 0) is 37.6 Å². The molecule has 1 aliphatic heterocycles. The largest absolute Gasteiger partial charge is 0.316 e. The molecule has 0 saturated carbocycles. The number of aromatic nitrogens is 1. The zero-order valence-electron chi connectivity index (χ0n) is 10.3. The Morgan fingerprint density at radius 2 is 2.32 bits per heavy atom. The molecule has 1 aromatic heterocycles. The molecule has 5 heteroatoms. The predicted octanol–water partition coefficient (Wildman–Crippen LogP) is 4.07. The number of hydrogen-bond acceptors (Lipinski definition) is 3. The van der Waals surface area contributed by atoms with Crippen LogP contribution >= 0.6 is 22.9 Å². The van der Waals surface area contributed by atoms with E-state index in [9.17, 15) is 4.39 Å². The molecule has 0 bridgehead atoms. The van der Waals surface area contributed by atoms with E-state index in [1.54, 1.807) is 23.5 Å². The fraction of sp³-hybridized carbons (Fsp3) is 0.357. The maximum atomic E-state index is 13.2. The summed E-state index contributed by atoms with van der Waals surface area (Å²) >= 11 is 7.48. The summed E-state index contributed by atoms with van der Waals surface area (Å²) in [7, 11) is 0. The monoisotopic (exact) mass is 296 g/mol. The molecule has 100 valence electrons. The van der Waals surface area contributed by atoms with Crippen LogP contribution in [0.5, 0.6) is 0 Å². The van der Waals surface area contributed by atoms with E-state index in [1.807, 2.05) is 5.38 Å². The van der Waals surface area contributed by atoms with Gasteiger partial charge in [0.25, 0.3) is 0 Å². The highest BCUT2D eigenvalue weighted by Gasteiger charge is 2.18. The number of rotatable bonds is 2. The molecule has 0 amide bonds. The van der Waals surface area contributed by atoms with E-state index >= 15 is 0 Å². The van der Waals surface area contributed by atoms with Crippen molar-refractivity contribution in [1.29, 1.82) is 0 Å². The van der Waals surface area contributed by atoms with Crippen molar-refractivity contribution in [2.75, 3.05) is 13.1 Å². The molecule has 1 aliphatic rings. The second-order valence-electron chi connectivity index (χ2n) is 4.74. The Labute approximate surface area is 120 Å². The SMILES string of the molecule is Fc1ccc(-c2csc(C3CCCNC3)n2)cc1Cl. The van der Waals surface area contributed by atoms with Crippen LogP contribution < -0.4 is 5.32 Å². The van der Waals surface area contributed by atoms with Crippen molar-refractivity contribution in [1.82, 2.24) is 10.3 Å². The highest BCUT2D eigenvalue weighted by atomic mass is 35.5. The van der Waals surface area contributed by atoms with E-state index in [0.717, 1.165) is 29.4 Å². The van der Waals surface area contributed by atoms with Gasteiger partial charge in [-0.1, -0.05) is 11.6 Å². The third-order valence-electron chi connectivity index (χ3n) is 3.38. The molecule has 1 atom stereocenters. The van der Waals surface area contributed by atoms with Crippen molar-refractivity contribution in [3.8, 4) is 11.3 Å². The minimum absolute atomic E-state index is 0.145. The average molecular weight is 297 g/mol. The third-order valence-corrected chi connectivity index (χ3v) is 4.68. The maximum Gasteiger partial charge on any atom is 0.141 e. The Morgan fingerprint density at radius 1 is 1.42 bits per heavy atom. The molecule has 1 fully saturated rings. The summed E-state index contributed by atoms with van der Waals surface area (Å²) in [6.07, 6.45) is 2.38. The van der Waals surface area contributed by atoms with Crippen LogP contribution in [0.1, 0.15) is 23.8 Å². The number of piperidine rings is 1. The lowest BCUT2D eigenvalue weighted by molar-refractivity contribution is 0.460. The molecule has 0 spiro atoms. The molecule has 2 aromatic rings. The van der Waals surface area contributed by atoms with Crippen molar-refractivity contribution in [3.05, 3.63) is 39.4 Å². The molecule has 0 radical (unpaired) electrons. The van der Waals surface area contributed by atoms with Gasteiger partial charge in [-0.25, -0.2) is 9.37 Å². The predicted molar refractivity (Wildman–Crippen MR) is 77.4 cm³/mol. The number of benzene rings is 1. The van der Waals surface area contributed by atoms with E-state index in [1.165, 1.54) is 18.9 Å². The molecule has 3 rings (SSSR count). The normalized spacial score (nSPS) is 19.6. The first-order valence-corrected chi connectivity index (χ1v) is 7.61. The van der Waals surface area contributed by atoms with Crippen LogP contribution in [-0.4, -0.2) is 18.1 Å². The summed E-state index contributed by atoms with van der Waals surface area (Å²) in [5.74, 6) is 0.112. The summed E-state index contributed by atoms with van der Waals surface area (Å²) in [5.41, 5.74) is 1.75. The summed E-state index contributed by atoms with van der Waals surface area (Å²) < 4.78 is 13.2. The Balaban J connectivity index is 1.85. The van der Waals surface area contributed by atoms with E-state index in [0.29, 0.717) is 5.92 Å². The van der Waals surface area contributed by atoms with E-state index < -0.39 is 5.82 Å². The Kier molecular flexibility index (Phi) is 3.82. The number of thiazole rings is 1. The fourth-order valence-corrected chi connectivity index (χ4v) is 3.47. The highest BCUT2D eigenvalue weighted by molar-refractivity contribution is 7.10. The lowest BCUT2D eigenvalue weighted by atomic mass is 10.0. The van der Waals surface area contributed by atoms with Crippen molar-refractivity contribution in [2.24, 2.45) is 0 Å². The van der Waals surface area contributed by atoms with E-state index in [4.69, 9.17) is 11.6 Å². The van der Waals surface area contributed by atoms with Gasteiger partial charge in [-0.15, -0.1) is 11.3 Å². The minimum atomic E-state index is -0.391. The van der Waals surface area contributed by atoms with Crippen molar-refractivity contribution >= 4 is 22.9 Å². The summed E-state index contributed by atoms with van der Waals surface area (Å²) in [6, 6.07) is 4.74. The topological polar surface area (TPSA) is 24.9 Å². The van der Waals surface area contributed by atoms with Crippen molar-refractivity contribution in [3.63, 3.8) is 0 Å². The molecular formula is C14H14ClFN2S. The molecule has 2 heterocycles. The maximum absolute atomic E-state index is 13.2. The van der Waals surface area contributed by atoms with Gasteiger partial charge in [-0.3, -0.25) is 0 Å². The van der Waals surface area contributed by atoms with Gasteiger partial charge in [0.15, 0.2) is 0 Å². The first-order chi connectivity index (χ1) is 9.24. The molecule has 1 N–H and O–H groups in total. The highest BCUT2D eigenvalue weighted by Crippen LogP contribution is 2.31. The Bertz CT molecular complexity index is 579. The van der Waals surface area contributed by atoms with Crippen LogP contribution in [0.25, 0.3) is 11.3 Å². The zero-order valence-corrected chi connectivity index (χ0v) is 11.9. The summed E-state index contributed by atoms with van der Waals surface area (Å²) in [5, 5.41) is 6.72. The molecule has 19 heavy (non-hydrogen) atoms. The van der Waals surface area contributed by atoms with Crippen molar-refractivity contribution in [2.45, 2.75) is 18.8 Å². The fourth-order valence-electron chi connectivity index (χ4n) is 2.33. The lowest BCUT2D eigenvalue weighted by Crippen LogP contribution is -2.28. The number of nitrogens with zero attached hydrogens (tertiary/aromatic N) is 1. The van der Waals surface area contributed by atoms with Crippen LogP contribution in [0.2, 0.25) is 5.02 Å². The minimum Gasteiger partial charge on any atom is -0.316 e. The standard InChI is InChI=1S/C14H14ClFN2S/c15-11-6-9(3-4-12(11)16)13-8-19-14(18-13)10-2-1-5-17-7-10/h3-4,6,8,10,17H,1-2,5,7H2. The molecule has 1 aromatic carbocycles. The summed E-state index contributed by atoms with van der Waals surface area (Å²) in [4.78, 5) is 4.67. The van der Waals surface area contributed by atoms with Crippen LogP contribution in [-0.2, 0) is 0 Å². The average Bonchev–Trinajstić information content (AvgIpc) is 2.93. The molecular weight excluding hydrogens is 283 g/mol. The summed E-state index contributed by atoms with van der Waals surface area (Å²) in [6.45, 7) is 2.10. The second kappa shape index (κ2) is 5.57. The first-order valence-electron chi connectivity index (χ1n) is 6.35. The smallest absolute Gasteiger partial charge is 0.141 e. The van der Waals surface area contributed by atoms with Gasteiger partial charge in [0.1, 0.15) is 5.82 Å². The van der Waals surface area contributed by atoms with Gasteiger partial charge in [-0.2, -0.15) is 0 Å². The first kappa shape index (κ1) is 13.0. The van der Waals surface area contributed by atoms with Gasteiger partial charge >= 0.3 is 0 Å². The van der Waals surface area contributed by atoms with Gasteiger partial charge in [0.05, 0.1) is 15.7 Å². The van der Waals surface area contributed by atoms with Crippen LogP contribution in [0.3, 0.4) is 0 Å². The van der Waals surface area contributed by atoms with Crippen LogP contribution in [0.15, 0.2) is 23.6 Å². The van der Waals surface area contributed by atoms with Crippen LogP contribution in [0.4, 0.5) is 4.39 Å². The quantitative estimate of drug-likeness (QED) is 0.903. The number of halogens is 2. The van der Waals surface area contributed by atoms with Gasteiger partial charge < -0.3 is 5.32 Å². The van der Waals surface area contributed by atoms with E-state index in [-0.39, 0.29) is 5.02 Å². The van der Waals surface area contributed by atoms with Gasteiger partial charge in [0.2, 0.25) is 0 Å². The number of nitrogens with one attached hydrogen (secondary N) is 1. The second-order valence-corrected chi connectivity index (χ2v) is 6.04. The Morgan fingerprint density at radius 3 is 3.05 bits per heavy atom. The number of hydrogen-bond donors (Lipinski definition) is 1. The molecule has 1 saturated heterocycles. The van der Waals surface area contributed by atoms with Crippen LogP contribution in [0, 0.1) is 5.82 Å². The third kappa shape index (κ3) is 2.81. The Hall–Kier alpha value is -0.970. The molecule has 0 aliphatic carbocycles. The molecule has 1 unspecified atom stereocenters. The molecule has 2 nitrogen and oxygen atoms in total. The zero-order chi connectivity index (χ0) is 13.2. The van der Waals surface area contributed by atoms with Gasteiger partial charge in [0, 0.05) is 23.4 Å².